The van der Waals surface area contributed by atoms with Crippen LogP contribution < -0.4 is 5.32 Å². The smallest absolute Gasteiger partial charge is 0.314 e. The van der Waals surface area contributed by atoms with Crippen LogP contribution in [0.15, 0.2) is 36.5 Å². The van der Waals surface area contributed by atoms with E-state index in [4.69, 9.17) is 0 Å². The number of benzene rings is 1. The molecule has 0 aliphatic carbocycles. The average molecular weight is 284 g/mol. The normalized spacial score (nSPS) is 17.6. The molecule has 0 saturated carbocycles. The summed E-state index contributed by atoms with van der Waals surface area (Å²) in [5.41, 5.74) is 1.77. The molecule has 0 radical (unpaired) electrons. The van der Waals surface area contributed by atoms with Gasteiger partial charge in [0.05, 0.1) is 17.8 Å². The zero-order valence-corrected chi connectivity index (χ0v) is 12.2. The topological polar surface area (TPSA) is 61.0 Å². The molecule has 1 aliphatic heterocycles. The Kier molecular flexibility index (Phi) is 3.90. The molecule has 21 heavy (non-hydrogen) atoms. The van der Waals surface area contributed by atoms with E-state index in [1.54, 1.807) is 6.20 Å². The minimum Gasteiger partial charge on any atom is -0.314 e. The van der Waals surface area contributed by atoms with Crippen LogP contribution in [0.2, 0.25) is 0 Å². The SMILES string of the molecule is CCCCC1C=CCN1C(=O)Nc1ccc2[nH]ncc2c1. The predicted octanol–water partition coefficient (Wildman–Crippen LogP) is 3.53. The number of nitrogens with zero attached hydrogens (tertiary/aromatic N) is 2. The van der Waals surface area contributed by atoms with E-state index in [-0.39, 0.29) is 12.1 Å². The molecule has 1 aromatic heterocycles. The maximum absolute atomic E-state index is 12.4. The lowest BCUT2D eigenvalue weighted by atomic mass is 10.1. The number of fused-ring (bicyclic) bond motifs is 1. The van der Waals surface area contributed by atoms with Crippen LogP contribution in [0.25, 0.3) is 10.9 Å². The highest BCUT2D eigenvalue weighted by Crippen LogP contribution is 2.20. The highest BCUT2D eigenvalue weighted by molar-refractivity contribution is 5.93. The lowest BCUT2D eigenvalue weighted by Gasteiger charge is -2.24. The van der Waals surface area contributed by atoms with Crippen molar-refractivity contribution in [3.8, 4) is 0 Å². The average Bonchev–Trinajstić information content (AvgIpc) is 3.13. The first kappa shape index (κ1) is 13.7. The van der Waals surface area contributed by atoms with Gasteiger partial charge in [0, 0.05) is 17.6 Å². The molecule has 0 saturated heterocycles. The number of nitrogens with one attached hydrogen (secondary N) is 2. The Bertz CT molecular complexity index is 661. The maximum atomic E-state index is 12.4. The number of aromatic nitrogens is 2. The molecule has 1 aromatic carbocycles. The predicted molar refractivity (Wildman–Crippen MR) is 84.3 cm³/mol. The number of urea groups is 1. The van der Waals surface area contributed by atoms with Crippen molar-refractivity contribution in [2.24, 2.45) is 0 Å². The summed E-state index contributed by atoms with van der Waals surface area (Å²) >= 11 is 0. The molecule has 110 valence electrons. The number of anilines is 1. The fourth-order valence-electron chi connectivity index (χ4n) is 2.69. The number of carbonyl (C=O) groups excluding carboxylic acids is 1. The molecule has 1 aliphatic rings. The first-order valence-electron chi connectivity index (χ1n) is 7.45. The molecule has 5 nitrogen and oxygen atoms in total. The van der Waals surface area contributed by atoms with Gasteiger partial charge in [0.15, 0.2) is 0 Å². The maximum Gasteiger partial charge on any atom is 0.322 e. The Balaban J connectivity index is 1.67. The molecule has 1 unspecified atom stereocenters. The molecule has 0 spiro atoms. The van der Waals surface area contributed by atoms with Gasteiger partial charge >= 0.3 is 6.03 Å². The summed E-state index contributed by atoms with van der Waals surface area (Å²) in [6, 6.07) is 5.94. The van der Waals surface area contributed by atoms with Crippen LogP contribution in [0, 0.1) is 0 Å². The van der Waals surface area contributed by atoms with Crippen molar-refractivity contribution in [3.05, 3.63) is 36.5 Å². The van der Waals surface area contributed by atoms with Gasteiger partial charge in [-0.25, -0.2) is 4.79 Å². The van der Waals surface area contributed by atoms with Gasteiger partial charge in [-0.3, -0.25) is 5.10 Å². The van der Waals surface area contributed by atoms with Gasteiger partial charge in [-0.05, 0) is 24.6 Å². The second kappa shape index (κ2) is 5.99. The zero-order chi connectivity index (χ0) is 14.7. The van der Waals surface area contributed by atoms with E-state index in [2.05, 4.69) is 34.6 Å². The first-order chi connectivity index (χ1) is 10.3. The third-order valence-electron chi connectivity index (χ3n) is 3.87. The van der Waals surface area contributed by atoms with Crippen LogP contribution in [0.4, 0.5) is 10.5 Å². The number of hydrogen-bond acceptors (Lipinski definition) is 2. The largest absolute Gasteiger partial charge is 0.322 e. The monoisotopic (exact) mass is 284 g/mol. The van der Waals surface area contributed by atoms with Gasteiger partial charge in [0.1, 0.15) is 0 Å². The van der Waals surface area contributed by atoms with E-state index in [1.807, 2.05) is 23.1 Å². The zero-order valence-electron chi connectivity index (χ0n) is 12.2. The molecule has 2 N–H and O–H groups in total. The van der Waals surface area contributed by atoms with Crippen molar-refractivity contribution in [1.82, 2.24) is 15.1 Å². The van der Waals surface area contributed by atoms with E-state index in [0.29, 0.717) is 6.54 Å². The molecule has 1 atom stereocenters. The summed E-state index contributed by atoms with van der Waals surface area (Å²) in [7, 11) is 0. The number of H-pyrrole nitrogens is 1. The molecule has 2 amide bonds. The summed E-state index contributed by atoms with van der Waals surface area (Å²) in [6.07, 6.45) is 9.28. The summed E-state index contributed by atoms with van der Waals surface area (Å²) in [5.74, 6) is 0. The fourth-order valence-corrected chi connectivity index (χ4v) is 2.69. The van der Waals surface area contributed by atoms with Gasteiger partial charge in [-0.15, -0.1) is 0 Å². The lowest BCUT2D eigenvalue weighted by molar-refractivity contribution is 0.208. The quantitative estimate of drug-likeness (QED) is 0.844. The standard InChI is InChI=1S/C16H20N4O/c1-2-3-5-14-6-4-9-20(14)16(21)18-13-7-8-15-12(10-13)11-17-19-15/h4,6-8,10-11,14H,2-3,5,9H2,1H3,(H,17,19)(H,18,21). The molecule has 5 heteroatoms. The molecular weight excluding hydrogens is 264 g/mol. The van der Waals surface area contributed by atoms with Crippen LogP contribution in [0.3, 0.4) is 0 Å². The number of amides is 2. The second-order valence-corrected chi connectivity index (χ2v) is 5.39. The Labute approximate surface area is 124 Å². The minimum absolute atomic E-state index is 0.0380. The summed E-state index contributed by atoms with van der Waals surface area (Å²) in [6.45, 7) is 2.86. The highest BCUT2D eigenvalue weighted by Gasteiger charge is 2.24. The van der Waals surface area contributed by atoms with Gasteiger partial charge in [0.2, 0.25) is 0 Å². The lowest BCUT2D eigenvalue weighted by Crippen LogP contribution is -2.39. The number of aromatic amines is 1. The van der Waals surface area contributed by atoms with Gasteiger partial charge < -0.3 is 10.2 Å². The van der Waals surface area contributed by atoms with E-state index >= 15 is 0 Å². The Morgan fingerprint density at radius 3 is 3.29 bits per heavy atom. The highest BCUT2D eigenvalue weighted by atomic mass is 16.2. The van der Waals surface area contributed by atoms with E-state index in [1.165, 1.54) is 0 Å². The molecule has 2 heterocycles. The van der Waals surface area contributed by atoms with Crippen LogP contribution in [0.5, 0.6) is 0 Å². The van der Waals surface area contributed by atoms with Crippen LogP contribution in [0.1, 0.15) is 26.2 Å². The molecule has 3 rings (SSSR count). The Morgan fingerprint density at radius 2 is 2.43 bits per heavy atom. The van der Waals surface area contributed by atoms with E-state index in [0.717, 1.165) is 35.9 Å². The Hall–Kier alpha value is -2.30. The number of unbranched alkanes of at least 4 members (excludes halogenated alkanes) is 1. The number of carbonyl (C=O) groups is 1. The van der Waals surface area contributed by atoms with Crippen molar-refractivity contribution in [2.75, 3.05) is 11.9 Å². The minimum atomic E-state index is -0.0380. The van der Waals surface area contributed by atoms with Crippen LogP contribution >= 0.6 is 0 Å². The summed E-state index contributed by atoms with van der Waals surface area (Å²) in [5, 5.41) is 10.9. The molecule has 2 aromatic rings. The molecular formula is C16H20N4O. The second-order valence-electron chi connectivity index (χ2n) is 5.39. The molecule has 0 fully saturated rings. The van der Waals surface area contributed by atoms with Crippen LogP contribution in [-0.4, -0.2) is 33.7 Å². The van der Waals surface area contributed by atoms with Crippen LogP contribution in [-0.2, 0) is 0 Å². The fraction of sp³-hybridized carbons (Fsp3) is 0.375. The molecule has 0 bridgehead atoms. The van der Waals surface area contributed by atoms with E-state index < -0.39 is 0 Å². The van der Waals surface area contributed by atoms with Crippen molar-refractivity contribution >= 4 is 22.6 Å². The van der Waals surface area contributed by atoms with Gasteiger partial charge in [0.25, 0.3) is 0 Å². The third kappa shape index (κ3) is 2.91. The number of rotatable bonds is 4. The number of hydrogen-bond donors (Lipinski definition) is 2. The van der Waals surface area contributed by atoms with Crippen molar-refractivity contribution in [3.63, 3.8) is 0 Å². The summed E-state index contributed by atoms with van der Waals surface area (Å²) < 4.78 is 0. The van der Waals surface area contributed by atoms with E-state index in [9.17, 15) is 4.79 Å². The van der Waals surface area contributed by atoms with Crippen molar-refractivity contribution in [2.45, 2.75) is 32.2 Å². The first-order valence-corrected chi connectivity index (χ1v) is 7.45. The third-order valence-corrected chi connectivity index (χ3v) is 3.87. The van der Waals surface area contributed by atoms with Gasteiger partial charge in [-0.2, -0.15) is 5.10 Å². The Morgan fingerprint density at radius 1 is 1.52 bits per heavy atom. The van der Waals surface area contributed by atoms with Crippen molar-refractivity contribution in [1.29, 1.82) is 0 Å². The summed E-state index contributed by atoms with van der Waals surface area (Å²) in [4.78, 5) is 14.3. The van der Waals surface area contributed by atoms with Gasteiger partial charge in [-0.1, -0.05) is 31.9 Å². The van der Waals surface area contributed by atoms with Crippen molar-refractivity contribution < 1.29 is 4.79 Å².